The predicted octanol–water partition coefficient (Wildman–Crippen LogP) is 4.41. The lowest BCUT2D eigenvalue weighted by atomic mass is 10.3. The monoisotopic (exact) mass is 391 g/mol. The van der Waals surface area contributed by atoms with Crippen molar-refractivity contribution in [3.8, 4) is 5.75 Å². The van der Waals surface area contributed by atoms with Crippen LogP contribution in [0.1, 0.15) is 0 Å². The van der Waals surface area contributed by atoms with Gasteiger partial charge >= 0.3 is 0 Å². The summed E-state index contributed by atoms with van der Waals surface area (Å²) in [6.45, 7) is 0. The number of ether oxygens (including phenoxy) is 1. The van der Waals surface area contributed by atoms with E-state index in [1.54, 1.807) is 0 Å². The molecule has 1 aromatic heterocycles. The average Bonchev–Trinajstić information content (AvgIpc) is 2.34. The lowest BCUT2D eigenvalue weighted by Crippen LogP contribution is -1.99. The fraction of sp³-hybridized carbons (Fsp3) is 0.0909. The Morgan fingerprint density at radius 2 is 2.06 bits per heavy atom. The van der Waals surface area contributed by atoms with Crippen LogP contribution in [0, 0.1) is 0 Å². The van der Waals surface area contributed by atoms with E-state index in [0.717, 1.165) is 14.6 Å². The van der Waals surface area contributed by atoms with Crippen LogP contribution in [0.2, 0.25) is 5.15 Å². The van der Waals surface area contributed by atoms with Gasteiger partial charge in [0.1, 0.15) is 6.33 Å². The molecule has 0 atom stereocenters. The Balaban J connectivity index is 2.40. The van der Waals surface area contributed by atoms with E-state index in [0.29, 0.717) is 11.6 Å². The highest BCUT2D eigenvalue weighted by Crippen LogP contribution is 2.34. The van der Waals surface area contributed by atoms with Crippen molar-refractivity contribution in [2.45, 2.75) is 0 Å². The predicted molar refractivity (Wildman–Crippen MR) is 78.7 cm³/mol. The Kier molecular flexibility index (Phi) is 4.42. The molecule has 0 aliphatic carbocycles. The van der Waals surface area contributed by atoms with Gasteiger partial charge in [0.2, 0.25) is 0 Å². The van der Waals surface area contributed by atoms with Gasteiger partial charge in [-0.3, -0.25) is 0 Å². The first-order chi connectivity index (χ1) is 8.61. The summed E-state index contributed by atoms with van der Waals surface area (Å²) in [5, 5.41) is 3.40. The number of nitrogens with one attached hydrogen (secondary N) is 1. The third-order valence-electron chi connectivity index (χ3n) is 2.15. The minimum Gasteiger partial charge on any atom is -0.490 e. The van der Waals surface area contributed by atoms with Crippen molar-refractivity contribution in [2.75, 3.05) is 12.4 Å². The van der Waals surface area contributed by atoms with Crippen molar-refractivity contribution >= 4 is 55.0 Å². The van der Waals surface area contributed by atoms with Crippen molar-refractivity contribution in [3.63, 3.8) is 0 Å². The Morgan fingerprint density at radius 1 is 1.28 bits per heavy atom. The summed E-state index contributed by atoms with van der Waals surface area (Å²) in [5.74, 6) is 0.919. The maximum absolute atomic E-state index is 5.93. The van der Waals surface area contributed by atoms with Gasteiger partial charge in [-0.15, -0.1) is 0 Å². The third-order valence-corrected chi connectivity index (χ3v) is 3.60. The number of hydrogen-bond donors (Lipinski definition) is 1. The molecule has 2 aromatic rings. The Hall–Kier alpha value is -0.850. The summed E-state index contributed by atoms with van der Waals surface area (Å²) in [5.41, 5.74) is 0.845. The number of nitrogens with zero attached hydrogens (tertiary/aromatic N) is 2. The highest BCUT2D eigenvalue weighted by molar-refractivity contribution is 9.11. The lowest BCUT2D eigenvalue weighted by Gasteiger charge is -2.12. The van der Waals surface area contributed by atoms with Crippen molar-refractivity contribution in [2.24, 2.45) is 0 Å². The molecule has 0 spiro atoms. The maximum atomic E-state index is 5.93. The SMILES string of the molecule is COc1c(Cl)ncnc1Nc1cc(Br)ccc1Br. The standard InChI is InChI=1S/C11H8Br2ClN3O/c1-18-9-10(14)15-5-16-11(9)17-8-4-6(12)2-3-7(8)13/h2-5H,1H3,(H,15,16,17). The van der Waals surface area contributed by atoms with Crippen molar-refractivity contribution in [3.05, 3.63) is 38.6 Å². The first-order valence-electron chi connectivity index (χ1n) is 4.88. The summed E-state index contributed by atoms with van der Waals surface area (Å²) in [7, 11) is 1.52. The van der Waals surface area contributed by atoms with Gasteiger partial charge in [0, 0.05) is 8.95 Å². The fourth-order valence-electron chi connectivity index (χ4n) is 1.34. The van der Waals surface area contributed by atoms with Gasteiger partial charge < -0.3 is 10.1 Å². The minimum atomic E-state index is 0.265. The first kappa shape index (κ1) is 13.6. The molecule has 2 rings (SSSR count). The van der Waals surface area contributed by atoms with Crippen molar-refractivity contribution < 1.29 is 4.74 Å². The zero-order valence-corrected chi connectivity index (χ0v) is 13.2. The van der Waals surface area contributed by atoms with Crippen LogP contribution in [0.5, 0.6) is 5.75 Å². The lowest BCUT2D eigenvalue weighted by molar-refractivity contribution is 0.413. The summed E-state index contributed by atoms with van der Waals surface area (Å²) in [6.07, 6.45) is 1.37. The number of rotatable bonds is 3. The molecule has 0 amide bonds. The minimum absolute atomic E-state index is 0.265. The number of benzene rings is 1. The van der Waals surface area contributed by atoms with Gasteiger partial charge in [0.25, 0.3) is 0 Å². The summed E-state index contributed by atoms with van der Waals surface area (Å²) in [6, 6.07) is 5.76. The Morgan fingerprint density at radius 3 is 2.78 bits per heavy atom. The summed E-state index contributed by atoms with van der Waals surface area (Å²) >= 11 is 12.8. The normalized spacial score (nSPS) is 10.2. The van der Waals surface area contributed by atoms with Gasteiger partial charge in [-0.05, 0) is 34.1 Å². The second-order valence-electron chi connectivity index (χ2n) is 3.30. The van der Waals surface area contributed by atoms with Gasteiger partial charge in [0.15, 0.2) is 16.7 Å². The van der Waals surface area contributed by atoms with Gasteiger partial charge in [-0.25, -0.2) is 9.97 Å². The first-order valence-corrected chi connectivity index (χ1v) is 6.84. The molecule has 7 heteroatoms. The number of hydrogen-bond acceptors (Lipinski definition) is 4. The van der Waals surface area contributed by atoms with Crippen LogP contribution in [-0.2, 0) is 0 Å². The van der Waals surface area contributed by atoms with E-state index in [9.17, 15) is 0 Å². The average molecular weight is 393 g/mol. The van der Waals surface area contributed by atoms with Crippen LogP contribution in [0.25, 0.3) is 0 Å². The van der Waals surface area contributed by atoms with Crippen LogP contribution in [0.3, 0.4) is 0 Å². The molecule has 0 saturated carbocycles. The molecule has 0 aliphatic rings. The maximum Gasteiger partial charge on any atom is 0.199 e. The van der Waals surface area contributed by atoms with E-state index in [-0.39, 0.29) is 5.15 Å². The van der Waals surface area contributed by atoms with E-state index in [1.807, 2.05) is 18.2 Å². The smallest absolute Gasteiger partial charge is 0.199 e. The largest absolute Gasteiger partial charge is 0.490 e. The molecule has 94 valence electrons. The van der Waals surface area contributed by atoms with E-state index in [2.05, 4.69) is 47.1 Å². The van der Waals surface area contributed by atoms with Gasteiger partial charge in [0.05, 0.1) is 12.8 Å². The highest BCUT2D eigenvalue weighted by Gasteiger charge is 2.11. The zero-order chi connectivity index (χ0) is 13.1. The molecule has 1 heterocycles. The molecular weight excluding hydrogens is 385 g/mol. The molecule has 0 radical (unpaired) electrons. The summed E-state index contributed by atoms with van der Waals surface area (Å²) in [4.78, 5) is 7.97. The molecule has 1 N–H and O–H groups in total. The van der Waals surface area contributed by atoms with Crippen LogP contribution in [-0.4, -0.2) is 17.1 Å². The molecule has 1 aromatic carbocycles. The topological polar surface area (TPSA) is 47.0 Å². The third kappa shape index (κ3) is 2.93. The molecule has 0 fully saturated rings. The quantitative estimate of drug-likeness (QED) is 0.785. The Labute approximate surface area is 126 Å². The van der Waals surface area contributed by atoms with Crippen LogP contribution < -0.4 is 10.1 Å². The molecule has 4 nitrogen and oxygen atoms in total. The molecule has 0 bridgehead atoms. The highest BCUT2D eigenvalue weighted by atomic mass is 79.9. The van der Waals surface area contributed by atoms with E-state index >= 15 is 0 Å². The van der Waals surface area contributed by atoms with Crippen molar-refractivity contribution in [1.29, 1.82) is 0 Å². The Bertz CT molecular complexity index is 580. The van der Waals surface area contributed by atoms with E-state index in [4.69, 9.17) is 16.3 Å². The van der Waals surface area contributed by atoms with Gasteiger partial charge in [-0.1, -0.05) is 27.5 Å². The second kappa shape index (κ2) is 5.86. The molecular formula is C11H8Br2ClN3O. The second-order valence-corrected chi connectivity index (χ2v) is 5.42. The van der Waals surface area contributed by atoms with E-state index < -0.39 is 0 Å². The molecule has 18 heavy (non-hydrogen) atoms. The number of methoxy groups -OCH3 is 1. The van der Waals surface area contributed by atoms with Crippen molar-refractivity contribution in [1.82, 2.24) is 9.97 Å². The summed E-state index contributed by atoms with van der Waals surface area (Å²) < 4.78 is 7.03. The molecule has 0 unspecified atom stereocenters. The zero-order valence-electron chi connectivity index (χ0n) is 9.25. The van der Waals surface area contributed by atoms with Crippen LogP contribution in [0.15, 0.2) is 33.5 Å². The van der Waals surface area contributed by atoms with E-state index in [1.165, 1.54) is 13.4 Å². The van der Waals surface area contributed by atoms with Crippen LogP contribution in [0.4, 0.5) is 11.5 Å². The number of anilines is 2. The number of halogens is 3. The molecule has 0 aliphatic heterocycles. The van der Waals surface area contributed by atoms with Crippen LogP contribution >= 0.6 is 43.5 Å². The number of aromatic nitrogens is 2. The molecule has 0 saturated heterocycles. The fourth-order valence-corrected chi connectivity index (χ4v) is 2.26. The van der Waals surface area contributed by atoms with Gasteiger partial charge in [-0.2, -0.15) is 0 Å².